The van der Waals surface area contributed by atoms with E-state index in [0.717, 1.165) is 11.3 Å². The van der Waals surface area contributed by atoms with Crippen LogP contribution < -0.4 is 25.6 Å². The molecule has 1 saturated heterocycles. The van der Waals surface area contributed by atoms with Crippen LogP contribution >= 0.6 is 11.3 Å². The van der Waals surface area contributed by atoms with E-state index in [1.165, 1.54) is 15.8 Å². The Balaban J connectivity index is 1.38. The molecule has 11 nitrogen and oxygen atoms in total. The lowest BCUT2D eigenvalue weighted by atomic mass is 10.3. The lowest BCUT2D eigenvalue weighted by Crippen LogP contribution is -2.44. The van der Waals surface area contributed by atoms with Crippen LogP contribution in [0.2, 0.25) is 0 Å². The number of hydrogen-bond donors (Lipinski definition) is 3. The highest BCUT2D eigenvalue weighted by Crippen LogP contribution is 2.34. The SMILES string of the molecule is O=C(NNC(=O)c1sccc1S(=O)(=O)N1CCOCC1)Nc1ccc2c(c1)OCO2. The zero-order valence-corrected chi connectivity index (χ0v) is 17.2. The quantitative estimate of drug-likeness (QED) is 0.586. The zero-order valence-electron chi connectivity index (χ0n) is 15.5. The van der Waals surface area contributed by atoms with Gasteiger partial charge < -0.3 is 19.5 Å². The first-order valence-corrected chi connectivity index (χ1v) is 11.2. The number of sulfonamides is 1. The van der Waals surface area contributed by atoms with Gasteiger partial charge in [-0.25, -0.2) is 18.6 Å². The molecular weight excluding hydrogens is 436 g/mol. The van der Waals surface area contributed by atoms with Crippen LogP contribution in [0.4, 0.5) is 10.5 Å². The second-order valence-electron chi connectivity index (χ2n) is 6.23. The van der Waals surface area contributed by atoms with Crippen LogP contribution in [-0.2, 0) is 14.8 Å². The highest BCUT2D eigenvalue weighted by Gasteiger charge is 2.31. The fraction of sp³-hybridized carbons (Fsp3) is 0.294. The molecule has 0 aliphatic carbocycles. The van der Waals surface area contributed by atoms with Crippen molar-refractivity contribution in [3.05, 3.63) is 34.5 Å². The van der Waals surface area contributed by atoms with Crippen LogP contribution in [-0.4, -0.2) is 57.8 Å². The Morgan fingerprint density at radius 3 is 2.60 bits per heavy atom. The molecule has 0 bridgehead atoms. The zero-order chi connectivity index (χ0) is 21.1. The molecule has 2 aliphatic heterocycles. The molecule has 0 unspecified atom stereocenters. The molecule has 3 amide bonds. The Hall–Kier alpha value is -2.87. The molecule has 1 aromatic heterocycles. The summed E-state index contributed by atoms with van der Waals surface area (Å²) in [4.78, 5) is 24.4. The average molecular weight is 454 g/mol. The van der Waals surface area contributed by atoms with Gasteiger partial charge in [0.1, 0.15) is 9.77 Å². The van der Waals surface area contributed by atoms with Crippen LogP contribution in [0.15, 0.2) is 34.5 Å². The van der Waals surface area contributed by atoms with Crippen molar-refractivity contribution >= 4 is 39.0 Å². The number of benzene rings is 1. The third-order valence-corrected chi connectivity index (χ3v) is 7.33. The summed E-state index contributed by atoms with van der Waals surface area (Å²) in [7, 11) is -3.84. The summed E-state index contributed by atoms with van der Waals surface area (Å²) in [6.45, 7) is 1.14. The molecule has 3 N–H and O–H groups in total. The molecule has 30 heavy (non-hydrogen) atoms. The number of fused-ring (bicyclic) bond motifs is 1. The molecule has 2 aliphatic rings. The number of carbonyl (C=O) groups excluding carboxylic acids is 2. The Morgan fingerprint density at radius 1 is 1.03 bits per heavy atom. The number of morpholine rings is 1. The number of nitrogens with zero attached hydrogens (tertiary/aromatic N) is 1. The van der Waals surface area contributed by atoms with Crippen molar-refractivity contribution in [2.24, 2.45) is 0 Å². The average Bonchev–Trinajstić information content (AvgIpc) is 3.42. The predicted octanol–water partition coefficient (Wildman–Crippen LogP) is 0.964. The number of nitrogens with one attached hydrogen (secondary N) is 3. The van der Waals surface area contributed by atoms with Gasteiger partial charge in [-0.2, -0.15) is 4.31 Å². The minimum atomic E-state index is -3.84. The van der Waals surface area contributed by atoms with E-state index >= 15 is 0 Å². The first kappa shape index (κ1) is 20.4. The van der Waals surface area contributed by atoms with Gasteiger partial charge in [-0.3, -0.25) is 10.2 Å². The van der Waals surface area contributed by atoms with Gasteiger partial charge in [0.15, 0.2) is 11.5 Å². The van der Waals surface area contributed by atoms with E-state index in [1.807, 2.05) is 0 Å². The summed E-state index contributed by atoms with van der Waals surface area (Å²) < 4.78 is 42.5. The number of hydrogen-bond acceptors (Lipinski definition) is 8. The Bertz CT molecular complexity index is 1060. The third kappa shape index (κ3) is 4.18. The fourth-order valence-electron chi connectivity index (χ4n) is 2.90. The maximum atomic E-state index is 12.8. The predicted molar refractivity (Wildman–Crippen MR) is 106 cm³/mol. The fourth-order valence-corrected chi connectivity index (χ4v) is 5.60. The Kier molecular flexibility index (Phi) is 5.76. The minimum absolute atomic E-state index is 0.0233. The van der Waals surface area contributed by atoms with Gasteiger partial charge in [0.25, 0.3) is 5.91 Å². The van der Waals surface area contributed by atoms with Crippen molar-refractivity contribution in [3.63, 3.8) is 0 Å². The van der Waals surface area contributed by atoms with E-state index in [4.69, 9.17) is 14.2 Å². The summed E-state index contributed by atoms with van der Waals surface area (Å²) in [5.41, 5.74) is 4.85. The van der Waals surface area contributed by atoms with Gasteiger partial charge in [-0.05, 0) is 23.6 Å². The largest absolute Gasteiger partial charge is 0.454 e. The second-order valence-corrected chi connectivity index (χ2v) is 9.05. The van der Waals surface area contributed by atoms with Crippen LogP contribution in [0.1, 0.15) is 9.67 Å². The number of ether oxygens (including phenoxy) is 3. The number of thiophene rings is 1. The van der Waals surface area contributed by atoms with Gasteiger partial charge >= 0.3 is 6.03 Å². The van der Waals surface area contributed by atoms with Crippen molar-refractivity contribution in [2.75, 3.05) is 38.4 Å². The lowest BCUT2D eigenvalue weighted by Gasteiger charge is -2.26. The van der Waals surface area contributed by atoms with E-state index < -0.39 is 22.0 Å². The van der Waals surface area contributed by atoms with Crippen molar-refractivity contribution in [3.8, 4) is 11.5 Å². The number of hydrazine groups is 1. The van der Waals surface area contributed by atoms with Crippen LogP contribution in [0.5, 0.6) is 11.5 Å². The molecule has 1 aromatic carbocycles. The minimum Gasteiger partial charge on any atom is -0.454 e. The number of rotatable bonds is 4. The third-order valence-electron chi connectivity index (χ3n) is 4.34. The maximum absolute atomic E-state index is 12.8. The highest BCUT2D eigenvalue weighted by molar-refractivity contribution is 7.89. The van der Waals surface area contributed by atoms with Crippen molar-refractivity contribution in [1.82, 2.24) is 15.2 Å². The molecule has 0 atom stereocenters. The van der Waals surface area contributed by atoms with E-state index in [9.17, 15) is 18.0 Å². The van der Waals surface area contributed by atoms with Gasteiger partial charge in [-0.1, -0.05) is 0 Å². The molecule has 13 heteroatoms. The van der Waals surface area contributed by atoms with Crippen molar-refractivity contribution in [1.29, 1.82) is 0 Å². The molecule has 0 saturated carbocycles. The van der Waals surface area contributed by atoms with Crippen LogP contribution in [0.3, 0.4) is 0 Å². The second kappa shape index (κ2) is 8.47. The number of urea groups is 1. The van der Waals surface area contributed by atoms with E-state index in [1.54, 1.807) is 18.2 Å². The normalized spacial score (nSPS) is 16.1. The molecule has 4 rings (SSSR count). The molecule has 0 radical (unpaired) electrons. The van der Waals surface area contributed by atoms with Crippen LogP contribution in [0.25, 0.3) is 0 Å². The number of amides is 3. The summed E-state index contributed by atoms with van der Waals surface area (Å²) in [6.07, 6.45) is 0. The topological polar surface area (TPSA) is 135 Å². The standard InChI is InChI=1S/C17H18N4O7S2/c22-16(15-14(3-8-29-15)30(24,25)21-4-6-26-7-5-21)19-20-17(23)18-11-1-2-12-13(9-11)28-10-27-12/h1-3,8-9H,4-7,10H2,(H,19,22)(H2,18,20,23). The molecular formula is C17H18N4O7S2. The lowest BCUT2D eigenvalue weighted by molar-refractivity contribution is 0.0730. The Morgan fingerprint density at radius 2 is 1.80 bits per heavy atom. The maximum Gasteiger partial charge on any atom is 0.337 e. The van der Waals surface area contributed by atoms with Gasteiger partial charge in [0, 0.05) is 24.8 Å². The smallest absolute Gasteiger partial charge is 0.337 e. The summed E-state index contributed by atoms with van der Waals surface area (Å²) >= 11 is 0.966. The van der Waals surface area contributed by atoms with Gasteiger partial charge in [0.2, 0.25) is 16.8 Å². The molecule has 0 spiro atoms. The van der Waals surface area contributed by atoms with Crippen LogP contribution in [0, 0.1) is 0 Å². The van der Waals surface area contributed by atoms with E-state index in [0.29, 0.717) is 30.4 Å². The molecule has 2 aromatic rings. The highest BCUT2D eigenvalue weighted by atomic mass is 32.2. The molecule has 160 valence electrons. The van der Waals surface area contributed by atoms with Gasteiger partial charge in [-0.15, -0.1) is 11.3 Å². The first-order valence-electron chi connectivity index (χ1n) is 8.87. The Labute approximate surface area is 175 Å². The number of anilines is 1. The summed E-state index contributed by atoms with van der Waals surface area (Å²) in [5.74, 6) is 0.326. The molecule has 3 heterocycles. The first-order chi connectivity index (χ1) is 14.4. The van der Waals surface area contributed by atoms with Gasteiger partial charge in [0.05, 0.1) is 13.2 Å². The summed E-state index contributed by atoms with van der Waals surface area (Å²) in [6, 6.07) is 5.50. The summed E-state index contributed by atoms with van der Waals surface area (Å²) in [5, 5.41) is 4.04. The monoisotopic (exact) mass is 454 g/mol. The van der Waals surface area contributed by atoms with Crippen molar-refractivity contribution in [2.45, 2.75) is 4.90 Å². The van der Waals surface area contributed by atoms with E-state index in [-0.39, 0.29) is 29.7 Å². The van der Waals surface area contributed by atoms with Crippen molar-refractivity contribution < 1.29 is 32.2 Å². The number of carbonyl (C=O) groups is 2. The molecule has 1 fully saturated rings. The van der Waals surface area contributed by atoms with E-state index in [2.05, 4.69) is 16.2 Å².